The Kier molecular flexibility index (Phi) is 9.50. The first-order valence-electron chi connectivity index (χ1n) is 4.40. The molecule has 0 rings (SSSR count). The van der Waals surface area contributed by atoms with E-state index in [1.807, 2.05) is 0 Å². The first-order chi connectivity index (χ1) is 5.85. The van der Waals surface area contributed by atoms with Gasteiger partial charge in [0.1, 0.15) is 0 Å². The highest BCUT2D eigenvalue weighted by atomic mass is 32.1. The van der Waals surface area contributed by atoms with Crippen molar-refractivity contribution in [3.63, 3.8) is 0 Å². The van der Waals surface area contributed by atoms with E-state index < -0.39 is 0 Å². The van der Waals surface area contributed by atoms with E-state index in [2.05, 4.69) is 17.5 Å². The van der Waals surface area contributed by atoms with Crippen LogP contribution in [0.5, 0.6) is 0 Å². The maximum atomic E-state index is 8.61. The molecular weight excluding hydrogens is 174 g/mol. The SMILES string of the molecule is OCCCN(CCS)CCCO. The zero-order chi connectivity index (χ0) is 9.23. The second-order valence-electron chi connectivity index (χ2n) is 2.72. The van der Waals surface area contributed by atoms with Crippen LogP contribution >= 0.6 is 12.6 Å². The molecule has 0 amide bonds. The Morgan fingerprint density at radius 3 is 1.75 bits per heavy atom. The summed E-state index contributed by atoms with van der Waals surface area (Å²) in [4.78, 5) is 2.21. The molecule has 0 aliphatic rings. The minimum absolute atomic E-state index is 0.238. The van der Waals surface area contributed by atoms with E-state index in [1.165, 1.54) is 0 Å². The van der Waals surface area contributed by atoms with Gasteiger partial charge in [0.25, 0.3) is 0 Å². The Bertz CT molecular complexity index is 85.1. The zero-order valence-electron chi connectivity index (χ0n) is 7.45. The van der Waals surface area contributed by atoms with Crippen LogP contribution in [0, 0.1) is 0 Å². The third kappa shape index (κ3) is 6.91. The van der Waals surface area contributed by atoms with Gasteiger partial charge in [-0.15, -0.1) is 0 Å². The summed E-state index contributed by atoms with van der Waals surface area (Å²) in [6, 6.07) is 0. The number of nitrogens with zero attached hydrogens (tertiary/aromatic N) is 1. The molecular formula is C8H19NO2S. The lowest BCUT2D eigenvalue weighted by molar-refractivity contribution is 0.208. The highest BCUT2D eigenvalue weighted by molar-refractivity contribution is 7.80. The minimum Gasteiger partial charge on any atom is -0.396 e. The maximum Gasteiger partial charge on any atom is 0.0443 e. The van der Waals surface area contributed by atoms with Crippen molar-refractivity contribution in [1.82, 2.24) is 4.90 Å². The summed E-state index contributed by atoms with van der Waals surface area (Å²) in [6.45, 7) is 3.21. The molecule has 0 bridgehead atoms. The van der Waals surface area contributed by atoms with E-state index >= 15 is 0 Å². The molecule has 0 unspecified atom stereocenters. The summed E-state index contributed by atoms with van der Waals surface area (Å²) >= 11 is 4.14. The summed E-state index contributed by atoms with van der Waals surface area (Å²) < 4.78 is 0. The molecule has 4 heteroatoms. The number of aliphatic hydroxyl groups excluding tert-OH is 2. The fourth-order valence-corrected chi connectivity index (χ4v) is 1.35. The molecule has 0 atom stereocenters. The fourth-order valence-electron chi connectivity index (χ4n) is 1.07. The molecule has 0 radical (unpaired) electrons. The molecule has 0 saturated heterocycles. The number of rotatable bonds is 8. The standard InChI is InChI=1S/C8H19NO2S/c10-6-1-3-9(5-8-12)4-2-7-11/h10-12H,1-8H2. The van der Waals surface area contributed by atoms with Crippen LogP contribution in [0.3, 0.4) is 0 Å². The monoisotopic (exact) mass is 193 g/mol. The van der Waals surface area contributed by atoms with E-state index in [-0.39, 0.29) is 13.2 Å². The molecule has 0 aromatic heterocycles. The van der Waals surface area contributed by atoms with Gasteiger partial charge >= 0.3 is 0 Å². The van der Waals surface area contributed by atoms with Crippen molar-refractivity contribution in [3.05, 3.63) is 0 Å². The smallest absolute Gasteiger partial charge is 0.0443 e. The highest BCUT2D eigenvalue weighted by Gasteiger charge is 2.01. The molecule has 0 spiro atoms. The molecule has 74 valence electrons. The maximum absolute atomic E-state index is 8.61. The van der Waals surface area contributed by atoms with Crippen LogP contribution in [0.15, 0.2) is 0 Å². The summed E-state index contributed by atoms with van der Waals surface area (Å²) in [5, 5.41) is 17.2. The van der Waals surface area contributed by atoms with E-state index in [1.54, 1.807) is 0 Å². The summed E-state index contributed by atoms with van der Waals surface area (Å²) in [6.07, 6.45) is 1.61. The van der Waals surface area contributed by atoms with Crippen molar-refractivity contribution in [2.24, 2.45) is 0 Å². The summed E-state index contributed by atoms with van der Waals surface area (Å²) in [5.41, 5.74) is 0. The number of thiol groups is 1. The van der Waals surface area contributed by atoms with E-state index in [0.717, 1.165) is 38.2 Å². The lowest BCUT2D eigenvalue weighted by Gasteiger charge is -2.20. The summed E-state index contributed by atoms with van der Waals surface area (Å²) in [5.74, 6) is 0.830. The number of hydrogen-bond acceptors (Lipinski definition) is 4. The molecule has 0 aliphatic heterocycles. The van der Waals surface area contributed by atoms with Crippen LogP contribution in [0.2, 0.25) is 0 Å². The van der Waals surface area contributed by atoms with Gasteiger partial charge in [0.15, 0.2) is 0 Å². The van der Waals surface area contributed by atoms with Crippen molar-refractivity contribution in [1.29, 1.82) is 0 Å². The van der Waals surface area contributed by atoms with Crippen LogP contribution in [0.25, 0.3) is 0 Å². The molecule has 0 heterocycles. The second-order valence-corrected chi connectivity index (χ2v) is 3.17. The van der Waals surface area contributed by atoms with Crippen LogP contribution in [-0.2, 0) is 0 Å². The predicted molar refractivity (Wildman–Crippen MR) is 53.7 cm³/mol. The van der Waals surface area contributed by atoms with E-state index in [0.29, 0.717) is 0 Å². The minimum atomic E-state index is 0.238. The Hall–Kier alpha value is 0.230. The Balaban J connectivity index is 3.40. The van der Waals surface area contributed by atoms with Gasteiger partial charge in [-0.25, -0.2) is 0 Å². The second kappa shape index (κ2) is 9.32. The van der Waals surface area contributed by atoms with Gasteiger partial charge in [0.05, 0.1) is 0 Å². The quantitative estimate of drug-likeness (QED) is 0.475. The van der Waals surface area contributed by atoms with Gasteiger partial charge in [-0.05, 0) is 12.8 Å². The largest absolute Gasteiger partial charge is 0.396 e. The first kappa shape index (κ1) is 12.2. The van der Waals surface area contributed by atoms with Gasteiger partial charge in [-0.2, -0.15) is 12.6 Å². The van der Waals surface area contributed by atoms with Crippen LogP contribution in [0.1, 0.15) is 12.8 Å². The van der Waals surface area contributed by atoms with Gasteiger partial charge in [0, 0.05) is 38.6 Å². The summed E-state index contributed by atoms with van der Waals surface area (Å²) in [7, 11) is 0. The van der Waals surface area contributed by atoms with Gasteiger partial charge in [-0.1, -0.05) is 0 Å². The third-order valence-corrected chi connectivity index (χ3v) is 1.88. The van der Waals surface area contributed by atoms with Gasteiger partial charge < -0.3 is 15.1 Å². The molecule has 0 saturated carbocycles. The first-order valence-corrected chi connectivity index (χ1v) is 5.03. The normalized spacial score (nSPS) is 11.0. The molecule has 12 heavy (non-hydrogen) atoms. The lowest BCUT2D eigenvalue weighted by Crippen LogP contribution is -2.29. The van der Waals surface area contributed by atoms with Crippen LogP contribution < -0.4 is 0 Å². The Labute approximate surface area is 79.8 Å². The van der Waals surface area contributed by atoms with Crippen molar-refractivity contribution in [2.45, 2.75) is 12.8 Å². The van der Waals surface area contributed by atoms with Crippen molar-refractivity contribution < 1.29 is 10.2 Å². The molecule has 3 nitrogen and oxygen atoms in total. The van der Waals surface area contributed by atoms with Crippen LogP contribution in [-0.4, -0.2) is 53.7 Å². The Morgan fingerprint density at radius 2 is 1.42 bits per heavy atom. The molecule has 0 aromatic carbocycles. The fraction of sp³-hybridized carbons (Fsp3) is 1.00. The average molecular weight is 193 g/mol. The lowest BCUT2D eigenvalue weighted by atomic mass is 10.3. The Morgan fingerprint density at radius 1 is 0.917 bits per heavy atom. The number of aliphatic hydroxyl groups is 2. The zero-order valence-corrected chi connectivity index (χ0v) is 8.34. The molecule has 0 fully saturated rings. The van der Waals surface area contributed by atoms with Crippen molar-refractivity contribution in [3.8, 4) is 0 Å². The molecule has 2 N–H and O–H groups in total. The third-order valence-electron chi connectivity index (χ3n) is 1.68. The van der Waals surface area contributed by atoms with Crippen LogP contribution in [0.4, 0.5) is 0 Å². The van der Waals surface area contributed by atoms with Crippen molar-refractivity contribution in [2.75, 3.05) is 38.6 Å². The van der Waals surface area contributed by atoms with Crippen molar-refractivity contribution >= 4 is 12.6 Å². The molecule has 0 aliphatic carbocycles. The average Bonchev–Trinajstić information content (AvgIpc) is 2.10. The topological polar surface area (TPSA) is 43.7 Å². The predicted octanol–water partition coefficient (Wildman–Crippen LogP) is -0.0170. The van der Waals surface area contributed by atoms with E-state index in [4.69, 9.17) is 10.2 Å². The highest BCUT2D eigenvalue weighted by Crippen LogP contribution is 1.94. The van der Waals surface area contributed by atoms with E-state index in [9.17, 15) is 0 Å². The van der Waals surface area contributed by atoms with Gasteiger partial charge in [0.2, 0.25) is 0 Å². The van der Waals surface area contributed by atoms with Gasteiger partial charge in [-0.3, -0.25) is 0 Å². The number of hydrogen-bond donors (Lipinski definition) is 3. The molecule has 0 aromatic rings.